The van der Waals surface area contributed by atoms with Gasteiger partial charge in [-0.3, -0.25) is 4.79 Å². The van der Waals surface area contributed by atoms with Crippen molar-refractivity contribution < 1.29 is 9.21 Å². The topological polar surface area (TPSA) is 46.3 Å². The molecule has 90 valence electrons. The quantitative estimate of drug-likeness (QED) is 0.841. The van der Waals surface area contributed by atoms with Gasteiger partial charge in [-0.2, -0.15) is 0 Å². The summed E-state index contributed by atoms with van der Waals surface area (Å²) in [5.74, 6) is 1.63. The molecule has 2 rings (SSSR count). The van der Waals surface area contributed by atoms with E-state index in [2.05, 4.69) is 4.98 Å². The van der Waals surface area contributed by atoms with Crippen molar-refractivity contribution in [3.8, 4) is 0 Å². The van der Waals surface area contributed by atoms with Gasteiger partial charge in [-0.25, -0.2) is 4.98 Å². The van der Waals surface area contributed by atoms with Crippen LogP contribution in [0.5, 0.6) is 0 Å². The molecule has 0 N–H and O–H groups in total. The summed E-state index contributed by atoms with van der Waals surface area (Å²) in [5, 5.41) is 0. The Morgan fingerprint density at radius 1 is 1.47 bits per heavy atom. The maximum atomic E-state index is 12.1. The van der Waals surface area contributed by atoms with Gasteiger partial charge in [-0.1, -0.05) is 0 Å². The summed E-state index contributed by atoms with van der Waals surface area (Å²) in [7, 11) is 1.76. The lowest BCUT2D eigenvalue weighted by molar-refractivity contribution is 0.0779. The number of amides is 1. The van der Waals surface area contributed by atoms with Gasteiger partial charge in [0.05, 0.1) is 17.7 Å². The van der Waals surface area contributed by atoms with E-state index in [0.717, 1.165) is 17.2 Å². The summed E-state index contributed by atoms with van der Waals surface area (Å²) in [6.07, 6.45) is 0. The molecule has 2 heterocycles. The molecule has 0 aromatic carbocycles. The monoisotopic (exact) mass is 250 g/mol. The molecule has 0 saturated carbocycles. The Morgan fingerprint density at radius 3 is 2.76 bits per heavy atom. The summed E-state index contributed by atoms with van der Waals surface area (Å²) in [6, 6.07) is 3.78. The molecular weight excluding hydrogens is 236 g/mol. The van der Waals surface area contributed by atoms with E-state index in [-0.39, 0.29) is 5.91 Å². The van der Waals surface area contributed by atoms with Crippen LogP contribution in [0.15, 0.2) is 22.1 Å². The first kappa shape index (κ1) is 11.9. The van der Waals surface area contributed by atoms with Crippen molar-refractivity contribution in [1.82, 2.24) is 9.88 Å². The summed E-state index contributed by atoms with van der Waals surface area (Å²) in [5.41, 5.74) is 2.47. The highest BCUT2D eigenvalue weighted by Crippen LogP contribution is 2.16. The van der Waals surface area contributed by atoms with Crippen molar-refractivity contribution in [3.05, 3.63) is 39.7 Å². The average molecular weight is 250 g/mol. The number of thiazole rings is 1. The molecule has 0 fully saturated rings. The second-order valence-corrected chi connectivity index (χ2v) is 4.80. The van der Waals surface area contributed by atoms with E-state index in [9.17, 15) is 4.79 Å². The predicted octanol–water partition coefficient (Wildman–Crippen LogP) is 2.63. The van der Waals surface area contributed by atoms with Gasteiger partial charge in [0.1, 0.15) is 16.4 Å². The van der Waals surface area contributed by atoms with Gasteiger partial charge in [0.15, 0.2) is 0 Å². The number of aryl methyl sites for hydroxylation is 2. The predicted molar refractivity (Wildman–Crippen MR) is 66.1 cm³/mol. The van der Waals surface area contributed by atoms with Crippen LogP contribution >= 0.6 is 11.3 Å². The normalized spacial score (nSPS) is 10.5. The van der Waals surface area contributed by atoms with Crippen LogP contribution in [-0.2, 0) is 6.54 Å². The third-order valence-electron chi connectivity index (χ3n) is 2.48. The van der Waals surface area contributed by atoms with Gasteiger partial charge in [0.2, 0.25) is 0 Å². The lowest BCUT2D eigenvalue weighted by Crippen LogP contribution is -2.25. The number of rotatable bonds is 3. The molecule has 2 aromatic rings. The smallest absolute Gasteiger partial charge is 0.265 e. The minimum atomic E-state index is -0.0148. The first-order valence-corrected chi connectivity index (χ1v) is 6.16. The zero-order valence-electron chi connectivity index (χ0n) is 10.1. The molecule has 0 aliphatic carbocycles. The Kier molecular flexibility index (Phi) is 3.28. The molecule has 0 bridgehead atoms. The standard InChI is InChI=1S/C12H14N2O2S/c1-8-4-5-10(16-8)6-14(3)12(15)11-9(2)13-7-17-11/h4-5,7H,6H2,1-3H3. The minimum Gasteiger partial charge on any atom is -0.464 e. The molecule has 1 amide bonds. The number of furan rings is 1. The van der Waals surface area contributed by atoms with Crippen LogP contribution in [0.2, 0.25) is 0 Å². The minimum absolute atomic E-state index is 0.0148. The van der Waals surface area contributed by atoms with Crippen LogP contribution in [0.25, 0.3) is 0 Å². The zero-order chi connectivity index (χ0) is 12.4. The van der Waals surface area contributed by atoms with Crippen molar-refractivity contribution in [1.29, 1.82) is 0 Å². The molecule has 17 heavy (non-hydrogen) atoms. The highest BCUT2D eigenvalue weighted by molar-refractivity contribution is 7.11. The molecule has 0 aliphatic rings. The van der Waals surface area contributed by atoms with Crippen molar-refractivity contribution >= 4 is 17.2 Å². The van der Waals surface area contributed by atoms with Crippen LogP contribution < -0.4 is 0 Å². The van der Waals surface area contributed by atoms with E-state index >= 15 is 0 Å². The van der Waals surface area contributed by atoms with E-state index < -0.39 is 0 Å². The summed E-state index contributed by atoms with van der Waals surface area (Å²) in [6.45, 7) is 4.21. The third-order valence-corrected chi connectivity index (χ3v) is 3.39. The fourth-order valence-corrected chi connectivity index (χ4v) is 2.35. The Balaban J connectivity index is 2.08. The van der Waals surface area contributed by atoms with Gasteiger partial charge in [-0.15, -0.1) is 11.3 Å². The molecule has 0 spiro atoms. The maximum Gasteiger partial charge on any atom is 0.265 e. The molecule has 0 atom stereocenters. The fraction of sp³-hybridized carbons (Fsp3) is 0.333. The van der Waals surface area contributed by atoms with Crippen LogP contribution in [0, 0.1) is 13.8 Å². The number of nitrogens with zero attached hydrogens (tertiary/aromatic N) is 2. The molecule has 0 unspecified atom stereocenters. The average Bonchev–Trinajstić information content (AvgIpc) is 2.86. The number of carbonyl (C=O) groups is 1. The number of aromatic nitrogens is 1. The van der Waals surface area contributed by atoms with E-state index in [1.807, 2.05) is 26.0 Å². The molecule has 0 saturated heterocycles. The number of carbonyl (C=O) groups excluding carboxylic acids is 1. The van der Waals surface area contributed by atoms with Gasteiger partial charge in [0.25, 0.3) is 5.91 Å². The van der Waals surface area contributed by atoms with Gasteiger partial charge in [-0.05, 0) is 26.0 Å². The highest BCUT2D eigenvalue weighted by Gasteiger charge is 2.17. The van der Waals surface area contributed by atoms with Crippen LogP contribution in [-0.4, -0.2) is 22.8 Å². The van der Waals surface area contributed by atoms with Crippen molar-refractivity contribution in [2.24, 2.45) is 0 Å². The van der Waals surface area contributed by atoms with Gasteiger partial charge >= 0.3 is 0 Å². The summed E-state index contributed by atoms with van der Waals surface area (Å²) < 4.78 is 5.45. The lowest BCUT2D eigenvalue weighted by Gasteiger charge is -2.14. The molecule has 0 aliphatic heterocycles. The van der Waals surface area contributed by atoms with Crippen LogP contribution in [0.3, 0.4) is 0 Å². The fourth-order valence-electron chi connectivity index (χ4n) is 1.56. The van der Waals surface area contributed by atoms with E-state index in [1.54, 1.807) is 17.5 Å². The van der Waals surface area contributed by atoms with Crippen LogP contribution in [0.1, 0.15) is 26.9 Å². The van der Waals surface area contributed by atoms with E-state index in [1.165, 1.54) is 11.3 Å². The van der Waals surface area contributed by atoms with E-state index in [0.29, 0.717) is 11.4 Å². The Morgan fingerprint density at radius 2 is 2.24 bits per heavy atom. The Hall–Kier alpha value is -1.62. The molecule has 5 heteroatoms. The van der Waals surface area contributed by atoms with E-state index in [4.69, 9.17) is 4.42 Å². The third kappa shape index (κ3) is 2.55. The second kappa shape index (κ2) is 4.71. The van der Waals surface area contributed by atoms with Gasteiger partial charge in [0, 0.05) is 7.05 Å². The van der Waals surface area contributed by atoms with Crippen molar-refractivity contribution in [3.63, 3.8) is 0 Å². The number of hydrogen-bond donors (Lipinski definition) is 0. The SMILES string of the molecule is Cc1ccc(CN(C)C(=O)c2scnc2C)o1. The number of hydrogen-bond acceptors (Lipinski definition) is 4. The second-order valence-electron chi connectivity index (χ2n) is 3.94. The largest absolute Gasteiger partial charge is 0.464 e. The first-order valence-electron chi connectivity index (χ1n) is 5.29. The Labute approximate surface area is 104 Å². The van der Waals surface area contributed by atoms with Gasteiger partial charge < -0.3 is 9.32 Å². The molecule has 0 radical (unpaired) electrons. The molecule has 2 aromatic heterocycles. The van der Waals surface area contributed by atoms with Crippen molar-refractivity contribution in [2.75, 3.05) is 7.05 Å². The maximum absolute atomic E-state index is 12.1. The zero-order valence-corrected chi connectivity index (χ0v) is 10.9. The lowest BCUT2D eigenvalue weighted by atomic mass is 10.3. The highest BCUT2D eigenvalue weighted by atomic mass is 32.1. The molecular formula is C12H14N2O2S. The molecule has 4 nitrogen and oxygen atoms in total. The van der Waals surface area contributed by atoms with Crippen molar-refractivity contribution in [2.45, 2.75) is 20.4 Å². The summed E-state index contributed by atoms with van der Waals surface area (Å²) in [4.78, 5) is 18.5. The first-order chi connectivity index (χ1) is 8.08. The van der Waals surface area contributed by atoms with Crippen LogP contribution in [0.4, 0.5) is 0 Å². The Bertz CT molecular complexity index is 530. The summed E-state index contributed by atoms with van der Waals surface area (Å²) >= 11 is 1.37.